The van der Waals surface area contributed by atoms with Crippen LogP contribution in [0, 0.1) is 0 Å². The lowest BCUT2D eigenvalue weighted by atomic mass is 10.2. The first-order chi connectivity index (χ1) is 9.24. The number of carbonyl (C=O) groups excluding carboxylic acids is 2. The van der Waals surface area contributed by atoms with Gasteiger partial charge in [0, 0.05) is 18.5 Å². The van der Waals surface area contributed by atoms with E-state index in [1.165, 1.54) is 0 Å². The Balaban J connectivity index is 1.54. The number of Topliss-reactive ketones (excluding diaryl/α,β-unsaturated/α-hetero) is 1. The summed E-state index contributed by atoms with van der Waals surface area (Å²) in [6.45, 7) is 1.24. The van der Waals surface area contributed by atoms with E-state index in [-0.39, 0.29) is 18.5 Å². The van der Waals surface area contributed by atoms with E-state index < -0.39 is 0 Å². The van der Waals surface area contributed by atoms with Crippen molar-refractivity contribution in [1.82, 2.24) is 4.90 Å². The van der Waals surface area contributed by atoms with Gasteiger partial charge in [-0.1, -0.05) is 30.3 Å². The molecule has 0 radical (unpaired) electrons. The number of hydrogen-bond donors (Lipinski definition) is 0. The highest BCUT2D eigenvalue weighted by Crippen LogP contribution is 2.30. The SMILES string of the molecule is O=C1CCC2=C1CN(C(=O)OCc1ccccc1)C2. The van der Waals surface area contributed by atoms with Crippen LogP contribution in [0.2, 0.25) is 0 Å². The third kappa shape index (κ3) is 2.38. The van der Waals surface area contributed by atoms with Crippen molar-refractivity contribution in [3.8, 4) is 0 Å². The summed E-state index contributed by atoms with van der Waals surface area (Å²) in [6, 6.07) is 9.57. The predicted octanol–water partition coefficient (Wildman–Crippen LogP) is 2.30. The van der Waals surface area contributed by atoms with E-state index in [4.69, 9.17) is 4.74 Å². The maximum atomic E-state index is 11.9. The number of ether oxygens (including phenoxy) is 1. The van der Waals surface area contributed by atoms with E-state index in [0.29, 0.717) is 19.5 Å². The van der Waals surface area contributed by atoms with E-state index in [2.05, 4.69) is 0 Å². The second-order valence-corrected chi connectivity index (χ2v) is 4.90. The number of carbonyl (C=O) groups is 2. The highest BCUT2D eigenvalue weighted by atomic mass is 16.6. The molecule has 3 rings (SSSR count). The summed E-state index contributed by atoms with van der Waals surface area (Å²) < 4.78 is 5.26. The molecular weight excluding hydrogens is 242 g/mol. The fraction of sp³-hybridized carbons (Fsp3) is 0.333. The van der Waals surface area contributed by atoms with Crippen LogP contribution in [-0.4, -0.2) is 29.9 Å². The van der Waals surface area contributed by atoms with Crippen LogP contribution >= 0.6 is 0 Å². The van der Waals surface area contributed by atoms with Gasteiger partial charge in [0.25, 0.3) is 0 Å². The van der Waals surface area contributed by atoms with Gasteiger partial charge in [0.05, 0.1) is 6.54 Å². The summed E-state index contributed by atoms with van der Waals surface area (Å²) in [5.41, 5.74) is 2.91. The Kier molecular flexibility index (Phi) is 3.07. The molecule has 1 heterocycles. The fourth-order valence-corrected chi connectivity index (χ4v) is 2.55. The molecule has 0 spiro atoms. The monoisotopic (exact) mass is 257 g/mol. The zero-order valence-corrected chi connectivity index (χ0v) is 10.6. The molecule has 0 fully saturated rings. The summed E-state index contributed by atoms with van der Waals surface area (Å²) in [5, 5.41) is 0. The minimum absolute atomic E-state index is 0.188. The number of likely N-dealkylation sites (tertiary alicyclic amines) is 1. The molecule has 1 aromatic rings. The normalized spacial score (nSPS) is 17.9. The quantitative estimate of drug-likeness (QED) is 0.816. The molecule has 1 aliphatic carbocycles. The Bertz CT molecular complexity index is 548. The van der Waals surface area contributed by atoms with Crippen molar-refractivity contribution >= 4 is 11.9 Å². The molecule has 4 nitrogen and oxygen atoms in total. The number of amides is 1. The van der Waals surface area contributed by atoms with Gasteiger partial charge in [-0.2, -0.15) is 0 Å². The number of hydrogen-bond acceptors (Lipinski definition) is 3. The summed E-state index contributed by atoms with van der Waals surface area (Å²) >= 11 is 0. The number of ketones is 1. The van der Waals surface area contributed by atoms with Crippen LogP contribution in [0.25, 0.3) is 0 Å². The molecule has 0 N–H and O–H groups in total. The van der Waals surface area contributed by atoms with Crippen LogP contribution in [0.3, 0.4) is 0 Å². The molecule has 1 aliphatic heterocycles. The van der Waals surface area contributed by atoms with Gasteiger partial charge in [0.15, 0.2) is 5.78 Å². The van der Waals surface area contributed by atoms with Crippen molar-refractivity contribution in [1.29, 1.82) is 0 Å². The van der Waals surface area contributed by atoms with Crippen molar-refractivity contribution in [2.24, 2.45) is 0 Å². The Labute approximate surface area is 111 Å². The van der Waals surface area contributed by atoms with Gasteiger partial charge in [-0.05, 0) is 17.6 Å². The lowest BCUT2D eigenvalue weighted by Gasteiger charge is -2.17. The lowest BCUT2D eigenvalue weighted by molar-refractivity contribution is -0.115. The highest BCUT2D eigenvalue weighted by molar-refractivity contribution is 6.00. The fourth-order valence-electron chi connectivity index (χ4n) is 2.55. The minimum atomic E-state index is -0.342. The van der Waals surface area contributed by atoms with Gasteiger partial charge >= 0.3 is 6.09 Å². The number of nitrogens with zero attached hydrogens (tertiary/aromatic N) is 1. The second-order valence-electron chi connectivity index (χ2n) is 4.90. The van der Waals surface area contributed by atoms with Crippen LogP contribution < -0.4 is 0 Å². The number of rotatable bonds is 2. The maximum absolute atomic E-state index is 11.9. The molecule has 19 heavy (non-hydrogen) atoms. The molecule has 0 atom stereocenters. The van der Waals surface area contributed by atoms with Gasteiger partial charge in [0.1, 0.15) is 6.61 Å². The Morgan fingerprint density at radius 2 is 1.95 bits per heavy atom. The average molecular weight is 257 g/mol. The van der Waals surface area contributed by atoms with Gasteiger partial charge in [-0.3, -0.25) is 9.69 Å². The van der Waals surface area contributed by atoms with Crippen LogP contribution in [-0.2, 0) is 16.1 Å². The molecule has 0 unspecified atom stereocenters. The minimum Gasteiger partial charge on any atom is -0.445 e. The summed E-state index contributed by atoms with van der Waals surface area (Å²) in [4.78, 5) is 25.1. The van der Waals surface area contributed by atoms with E-state index in [1.807, 2.05) is 30.3 Å². The molecule has 0 saturated heterocycles. The summed E-state index contributed by atoms with van der Waals surface area (Å²) in [6.07, 6.45) is 1.07. The van der Waals surface area contributed by atoms with Crippen LogP contribution in [0.1, 0.15) is 18.4 Å². The molecule has 1 amide bonds. The van der Waals surface area contributed by atoms with Crippen LogP contribution in [0.5, 0.6) is 0 Å². The third-order valence-corrected chi connectivity index (χ3v) is 3.61. The molecule has 2 aliphatic rings. The van der Waals surface area contributed by atoms with Gasteiger partial charge in [-0.25, -0.2) is 4.79 Å². The van der Waals surface area contributed by atoms with Crippen molar-refractivity contribution in [3.05, 3.63) is 47.0 Å². The number of benzene rings is 1. The van der Waals surface area contributed by atoms with E-state index in [0.717, 1.165) is 23.1 Å². The maximum Gasteiger partial charge on any atom is 0.410 e. The third-order valence-electron chi connectivity index (χ3n) is 3.61. The molecule has 98 valence electrons. The molecule has 4 heteroatoms. The molecule has 0 bridgehead atoms. The van der Waals surface area contributed by atoms with Crippen LogP contribution in [0.15, 0.2) is 41.5 Å². The zero-order valence-electron chi connectivity index (χ0n) is 10.6. The molecule has 1 aromatic carbocycles. The van der Waals surface area contributed by atoms with Crippen molar-refractivity contribution < 1.29 is 14.3 Å². The molecular formula is C15H15NO3. The van der Waals surface area contributed by atoms with Crippen molar-refractivity contribution in [3.63, 3.8) is 0 Å². The first-order valence-electron chi connectivity index (χ1n) is 6.44. The Morgan fingerprint density at radius 3 is 2.68 bits per heavy atom. The van der Waals surface area contributed by atoms with Crippen LogP contribution in [0.4, 0.5) is 4.79 Å². The average Bonchev–Trinajstić information content (AvgIpc) is 3.00. The standard InChI is InChI=1S/C15H15NO3/c17-14-7-6-12-8-16(9-13(12)14)15(18)19-10-11-4-2-1-3-5-11/h1-5H,6-10H2. The van der Waals surface area contributed by atoms with Gasteiger partial charge in [-0.15, -0.1) is 0 Å². The highest BCUT2D eigenvalue weighted by Gasteiger charge is 2.33. The largest absolute Gasteiger partial charge is 0.445 e. The zero-order chi connectivity index (χ0) is 13.2. The predicted molar refractivity (Wildman–Crippen MR) is 69.5 cm³/mol. The summed E-state index contributed by atoms with van der Waals surface area (Å²) in [7, 11) is 0. The van der Waals surface area contributed by atoms with Crippen molar-refractivity contribution in [2.45, 2.75) is 19.4 Å². The second kappa shape index (κ2) is 4.88. The van der Waals surface area contributed by atoms with Gasteiger partial charge < -0.3 is 4.74 Å². The Hall–Kier alpha value is -2.10. The Morgan fingerprint density at radius 1 is 1.16 bits per heavy atom. The van der Waals surface area contributed by atoms with Gasteiger partial charge in [0.2, 0.25) is 0 Å². The first kappa shape index (κ1) is 12.0. The first-order valence-corrected chi connectivity index (χ1v) is 6.44. The molecule has 0 aromatic heterocycles. The van der Waals surface area contributed by atoms with E-state index in [1.54, 1.807) is 4.90 Å². The van der Waals surface area contributed by atoms with Crippen molar-refractivity contribution in [2.75, 3.05) is 13.1 Å². The van der Waals surface area contributed by atoms with E-state index >= 15 is 0 Å². The smallest absolute Gasteiger partial charge is 0.410 e. The molecule has 0 saturated carbocycles. The summed E-state index contributed by atoms with van der Waals surface area (Å²) in [5.74, 6) is 0.188. The lowest BCUT2D eigenvalue weighted by Crippen LogP contribution is -2.31. The van der Waals surface area contributed by atoms with E-state index in [9.17, 15) is 9.59 Å². The topological polar surface area (TPSA) is 46.6 Å².